The van der Waals surface area contributed by atoms with Gasteiger partial charge in [-0.25, -0.2) is 0 Å². The van der Waals surface area contributed by atoms with Crippen molar-refractivity contribution in [3.05, 3.63) is 0 Å². The fraction of sp³-hybridized carbons (Fsp3) is 0.923. The predicted molar refractivity (Wildman–Crippen MR) is 72.4 cm³/mol. The first-order valence-corrected chi connectivity index (χ1v) is 6.74. The number of carbonyl (C=O) groups is 1. The van der Waals surface area contributed by atoms with Crippen molar-refractivity contribution in [3.8, 4) is 0 Å². The first kappa shape index (κ1) is 15.4. The molecule has 0 radical (unpaired) electrons. The molecule has 0 aromatic heterocycles. The highest BCUT2D eigenvalue weighted by molar-refractivity contribution is 5.79. The predicted octanol–water partition coefficient (Wildman–Crippen LogP) is 0.295. The molecule has 0 amide bonds. The van der Waals surface area contributed by atoms with Crippen molar-refractivity contribution in [2.24, 2.45) is 5.73 Å². The van der Waals surface area contributed by atoms with Gasteiger partial charge in [0.05, 0.1) is 7.11 Å². The molecule has 2 N–H and O–H groups in total. The van der Waals surface area contributed by atoms with E-state index in [0.29, 0.717) is 6.42 Å². The Bertz CT molecular complexity index is 261. The Morgan fingerprint density at radius 2 is 1.89 bits per heavy atom. The first-order valence-electron chi connectivity index (χ1n) is 6.74. The molecule has 1 atom stereocenters. The van der Waals surface area contributed by atoms with Crippen LogP contribution in [0, 0.1) is 0 Å². The maximum atomic E-state index is 11.4. The zero-order valence-electron chi connectivity index (χ0n) is 11.9. The second-order valence-electron chi connectivity index (χ2n) is 5.51. The van der Waals surface area contributed by atoms with E-state index in [1.807, 2.05) is 0 Å². The summed E-state index contributed by atoms with van der Waals surface area (Å²) in [5.74, 6) is -0.318. The van der Waals surface area contributed by atoms with Gasteiger partial charge < -0.3 is 20.3 Å². The summed E-state index contributed by atoms with van der Waals surface area (Å²) in [5, 5.41) is 0. The lowest BCUT2D eigenvalue weighted by Crippen LogP contribution is -2.46. The molecule has 1 aliphatic rings. The van der Waals surface area contributed by atoms with Gasteiger partial charge in [-0.15, -0.1) is 0 Å². The van der Waals surface area contributed by atoms with E-state index >= 15 is 0 Å². The number of hydrogen-bond acceptors (Lipinski definition) is 5. The Morgan fingerprint density at radius 3 is 2.44 bits per heavy atom. The molecular weight excluding hydrogens is 230 g/mol. The lowest BCUT2D eigenvalue weighted by molar-refractivity contribution is -0.146. The SMILES string of the molecule is COC(=O)C(C)(N)CCCCN1CCN(C)CC1. The van der Waals surface area contributed by atoms with E-state index < -0.39 is 5.54 Å². The van der Waals surface area contributed by atoms with Crippen molar-refractivity contribution in [3.63, 3.8) is 0 Å². The van der Waals surface area contributed by atoms with E-state index in [-0.39, 0.29) is 5.97 Å². The summed E-state index contributed by atoms with van der Waals surface area (Å²) in [6.45, 7) is 7.44. The lowest BCUT2D eigenvalue weighted by atomic mass is 9.96. The fourth-order valence-corrected chi connectivity index (χ4v) is 2.23. The first-order chi connectivity index (χ1) is 8.45. The quantitative estimate of drug-likeness (QED) is 0.547. The second kappa shape index (κ2) is 7.07. The van der Waals surface area contributed by atoms with Crippen molar-refractivity contribution in [1.82, 2.24) is 9.80 Å². The second-order valence-corrected chi connectivity index (χ2v) is 5.51. The Labute approximate surface area is 110 Å². The number of unbranched alkanes of at least 4 members (excludes halogenated alkanes) is 1. The molecule has 5 heteroatoms. The molecule has 0 bridgehead atoms. The summed E-state index contributed by atoms with van der Waals surface area (Å²) in [6, 6.07) is 0. The van der Waals surface area contributed by atoms with Crippen LogP contribution in [0.1, 0.15) is 26.2 Å². The summed E-state index contributed by atoms with van der Waals surface area (Å²) >= 11 is 0. The molecule has 18 heavy (non-hydrogen) atoms. The van der Waals surface area contributed by atoms with Crippen LogP contribution in [0.4, 0.5) is 0 Å². The fourth-order valence-electron chi connectivity index (χ4n) is 2.23. The normalized spacial score (nSPS) is 21.6. The van der Waals surface area contributed by atoms with Crippen LogP contribution in [-0.4, -0.2) is 68.2 Å². The number of nitrogens with zero attached hydrogens (tertiary/aromatic N) is 2. The molecule has 106 valence electrons. The molecule has 0 saturated carbocycles. The Balaban J connectivity index is 2.13. The molecule has 1 saturated heterocycles. The summed E-state index contributed by atoms with van der Waals surface area (Å²) in [6.07, 6.45) is 2.75. The van der Waals surface area contributed by atoms with Gasteiger partial charge in [-0.05, 0) is 39.8 Å². The third-order valence-corrected chi connectivity index (χ3v) is 3.67. The number of nitrogens with two attached hydrogens (primary N) is 1. The summed E-state index contributed by atoms with van der Waals surface area (Å²) in [7, 11) is 3.55. The third-order valence-electron chi connectivity index (χ3n) is 3.67. The van der Waals surface area contributed by atoms with Gasteiger partial charge in [0.1, 0.15) is 5.54 Å². The number of rotatable bonds is 6. The van der Waals surface area contributed by atoms with Crippen LogP contribution in [-0.2, 0) is 9.53 Å². The number of ether oxygens (including phenoxy) is 1. The van der Waals surface area contributed by atoms with E-state index in [9.17, 15) is 4.79 Å². The molecule has 0 aromatic rings. The van der Waals surface area contributed by atoms with Gasteiger partial charge in [0.2, 0.25) is 0 Å². The molecule has 1 unspecified atom stereocenters. The minimum Gasteiger partial charge on any atom is -0.468 e. The van der Waals surface area contributed by atoms with E-state index in [4.69, 9.17) is 10.5 Å². The van der Waals surface area contributed by atoms with E-state index in [2.05, 4.69) is 16.8 Å². The topological polar surface area (TPSA) is 58.8 Å². The average Bonchev–Trinajstić information content (AvgIpc) is 2.35. The van der Waals surface area contributed by atoms with Crippen LogP contribution < -0.4 is 5.73 Å². The number of esters is 1. The van der Waals surface area contributed by atoms with Gasteiger partial charge in [0, 0.05) is 26.2 Å². The minimum atomic E-state index is -0.836. The molecule has 0 aromatic carbocycles. The zero-order valence-corrected chi connectivity index (χ0v) is 11.9. The van der Waals surface area contributed by atoms with Gasteiger partial charge >= 0.3 is 5.97 Å². The number of likely N-dealkylation sites (N-methyl/N-ethyl adjacent to an activating group) is 1. The van der Waals surface area contributed by atoms with Crippen molar-refractivity contribution in [1.29, 1.82) is 0 Å². The summed E-state index contributed by atoms with van der Waals surface area (Å²) in [4.78, 5) is 16.2. The smallest absolute Gasteiger partial charge is 0.325 e. The largest absolute Gasteiger partial charge is 0.468 e. The molecule has 1 rings (SSSR count). The van der Waals surface area contributed by atoms with Gasteiger partial charge in [0.15, 0.2) is 0 Å². The molecule has 5 nitrogen and oxygen atoms in total. The van der Waals surface area contributed by atoms with E-state index in [0.717, 1.165) is 45.6 Å². The Morgan fingerprint density at radius 1 is 1.28 bits per heavy atom. The van der Waals surface area contributed by atoms with Gasteiger partial charge in [-0.2, -0.15) is 0 Å². The standard InChI is InChI=1S/C13H27N3O2/c1-13(14,12(17)18-3)6-4-5-7-16-10-8-15(2)9-11-16/h4-11,14H2,1-3H3. The third kappa shape index (κ3) is 4.92. The van der Waals surface area contributed by atoms with Crippen molar-refractivity contribution in [2.45, 2.75) is 31.7 Å². The molecule has 1 aliphatic heterocycles. The number of methoxy groups -OCH3 is 1. The summed E-state index contributed by atoms with van der Waals surface area (Å²) < 4.78 is 4.69. The summed E-state index contributed by atoms with van der Waals surface area (Å²) in [5.41, 5.74) is 5.08. The van der Waals surface area contributed by atoms with Crippen molar-refractivity contribution >= 4 is 5.97 Å². The molecule has 1 heterocycles. The Kier molecular flexibility index (Phi) is 6.05. The molecule has 0 spiro atoms. The highest BCUT2D eigenvalue weighted by Crippen LogP contribution is 2.13. The van der Waals surface area contributed by atoms with Crippen LogP contribution in [0.2, 0.25) is 0 Å². The van der Waals surface area contributed by atoms with Crippen LogP contribution in [0.3, 0.4) is 0 Å². The van der Waals surface area contributed by atoms with Gasteiger partial charge in [-0.1, -0.05) is 0 Å². The highest BCUT2D eigenvalue weighted by Gasteiger charge is 2.28. The number of carbonyl (C=O) groups excluding carboxylic acids is 1. The Hall–Kier alpha value is -0.650. The highest BCUT2D eigenvalue weighted by atomic mass is 16.5. The van der Waals surface area contributed by atoms with Gasteiger partial charge in [0.25, 0.3) is 0 Å². The molecule has 0 aliphatic carbocycles. The van der Waals surface area contributed by atoms with Crippen LogP contribution >= 0.6 is 0 Å². The maximum Gasteiger partial charge on any atom is 0.325 e. The monoisotopic (exact) mass is 257 g/mol. The van der Waals surface area contributed by atoms with E-state index in [1.165, 1.54) is 7.11 Å². The van der Waals surface area contributed by atoms with E-state index in [1.54, 1.807) is 6.92 Å². The van der Waals surface area contributed by atoms with Crippen molar-refractivity contribution in [2.75, 3.05) is 46.9 Å². The number of piperazine rings is 1. The minimum absolute atomic E-state index is 0.318. The van der Waals surface area contributed by atoms with Crippen LogP contribution in [0.15, 0.2) is 0 Å². The number of hydrogen-bond donors (Lipinski definition) is 1. The van der Waals surface area contributed by atoms with Crippen LogP contribution in [0.5, 0.6) is 0 Å². The van der Waals surface area contributed by atoms with Crippen molar-refractivity contribution < 1.29 is 9.53 Å². The van der Waals surface area contributed by atoms with Crippen LogP contribution in [0.25, 0.3) is 0 Å². The average molecular weight is 257 g/mol. The van der Waals surface area contributed by atoms with Gasteiger partial charge in [-0.3, -0.25) is 4.79 Å². The molecule has 1 fully saturated rings. The molecular formula is C13H27N3O2. The zero-order chi connectivity index (χ0) is 13.6. The lowest BCUT2D eigenvalue weighted by Gasteiger charge is -2.32. The maximum absolute atomic E-state index is 11.4.